The first-order valence-electron chi connectivity index (χ1n) is 5.34. The van der Waals surface area contributed by atoms with Crippen molar-refractivity contribution in [3.05, 3.63) is 56.0 Å². The Morgan fingerprint density at radius 1 is 0.947 bits per heavy atom. The molecule has 0 heterocycles. The minimum Gasteiger partial charge on any atom is -0.198 e. The standard InChI is InChI=1S/C14H7Cl4N/c15-11-6-9(7-12(16)14(11)18)10-3-1-2-8(4-5-19)13(10)17/h1-3,6-7H,4H2. The normalized spacial score (nSPS) is 10.3. The summed E-state index contributed by atoms with van der Waals surface area (Å²) >= 11 is 24.2. The Balaban J connectivity index is 2.60. The molecule has 5 heteroatoms. The van der Waals surface area contributed by atoms with E-state index >= 15 is 0 Å². The molecular formula is C14H7Cl4N. The van der Waals surface area contributed by atoms with Crippen LogP contribution in [0.1, 0.15) is 5.56 Å². The van der Waals surface area contributed by atoms with Gasteiger partial charge >= 0.3 is 0 Å². The highest BCUT2D eigenvalue weighted by atomic mass is 35.5. The van der Waals surface area contributed by atoms with E-state index in [1.54, 1.807) is 12.1 Å². The third kappa shape index (κ3) is 2.99. The summed E-state index contributed by atoms with van der Waals surface area (Å²) in [5.41, 5.74) is 2.31. The van der Waals surface area contributed by atoms with E-state index in [1.807, 2.05) is 18.2 Å². The predicted molar refractivity (Wildman–Crippen MR) is 81.2 cm³/mol. The maximum atomic E-state index is 8.76. The minimum absolute atomic E-state index is 0.252. The van der Waals surface area contributed by atoms with Gasteiger partial charge in [0.25, 0.3) is 0 Å². The zero-order valence-corrected chi connectivity index (χ0v) is 12.6. The van der Waals surface area contributed by atoms with Crippen molar-refractivity contribution in [2.45, 2.75) is 6.42 Å². The first kappa shape index (κ1) is 14.5. The third-order valence-corrected chi connectivity index (χ3v) is 4.29. The van der Waals surface area contributed by atoms with Crippen LogP contribution >= 0.6 is 46.4 Å². The van der Waals surface area contributed by atoms with Gasteiger partial charge in [-0.05, 0) is 23.3 Å². The fraction of sp³-hybridized carbons (Fsp3) is 0.0714. The second kappa shape index (κ2) is 6.03. The van der Waals surface area contributed by atoms with E-state index in [1.165, 1.54) is 0 Å². The van der Waals surface area contributed by atoms with Crippen molar-refractivity contribution in [2.75, 3.05) is 0 Å². The lowest BCUT2D eigenvalue weighted by Gasteiger charge is -2.10. The van der Waals surface area contributed by atoms with Crippen molar-refractivity contribution in [1.29, 1.82) is 5.26 Å². The fourth-order valence-corrected chi connectivity index (χ4v) is 2.63. The van der Waals surface area contributed by atoms with Crippen LogP contribution in [0.3, 0.4) is 0 Å². The van der Waals surface area contributed by atoms with Gasteiger partial charge in [0.2, 0.25) is 0 Å². The van der Waals surface area contributed by atoms with Crippen LogP contribution < -0.4 is 0 Å². The molecule has 0 aliphatic heterocycles. The molecule has 0 atom stereocenters. The Kier molecular flexibility index (Phi) is 4.60. The van der Waals surface area contributed by atoms with E-state index in [2.05, 4.69) is 6.07 Å². The third-order valence-electron chi connectivity index (χ3n) is 2.64. The second-order valence-electron chi connectivity index (χ2n) is 3.87. The van der Waals surface area contributed by atoms with Crippen molar-refractivity contribution in [2.24, 2.45) is 0 Å². The van der Waals surface area contributed by atoms with Crippen LogP contribution in [0.25, 0.3) is 11.1 Å². The highest BCUT2D eigenvalue weighted by Gasteiger charge is 2.12. The summed E-state index contributed by atoms with van der Waals surface area (Å²) in [7, 11) is 0. The van der Waals surface area contributed by atoms with Gasteiger partial charge in [-0.3, -0.25) is 0 Å². The summed E-state index contributed by atoms with van der Waals surface area (Å²) < 4.78 is 0. The van der Waals surface area contributed by atoms with Crippen LogP contribution in [0, 0.1) is 11.3 Å². The van der Waals surface area contributed by atoms with Gasteiger partial charge in [-0.15, -0.1) is 0 Å². The molecule has 1 nitrogen and oxygen atoms in total. The Hall–Kier alpha value is -0.910. The van der Waals surface area contributed by atoms with Crippen LogP contribution in [0.15, 0.2) is 30.3 Å². The average molecular weight is 331 g/mol. The fourth-order valence-electron chi connectivity index (χ4n) is 1.74. The summed E-state index contributed by atoms with van der Waals surface area (Å²) in [4.78, 5) is 0. The van der Waals surface area contributed by atoms with Crippen LogP contribution in [0.2, 0.25) is 20.1 Å². The summed E-state index contributed by atoms with van der Waals surface area (Å²) in [5.74, 6) is 0. The number of nitrogens with zero attached hydrogens (tertiary/aromatic N) is 1. The molecule has 19 heavy (non-hydrogen) atoms. The molecule has 2 rings (SSSR count). The maximum Gasteiger partial charge on any atom is 0.0778 e. The van der Waals surface area contributed by atoms with E-state index in [4.69, 9.17) is 51.7 Å². The van der Waals surface area contributed by atoms with Crippen molar-refractivity contribution >= 4 is 46.4 Å². The summed E-state index contributed by atoms with van der Waals surface area (Å²) in [5, 5.41) is 10.3. The molecule has 0 radical (unpaired) electrons. The topological polar surface area (TPSA) is 23.8 Å². The Morgan fingerprint density at radius 2 is 1.58 bits per heavy atom. The molecule has 0 amide bonds. The SMILES string of the molecule is N#CCc1cccc(-c2cc(Cl)c(Cl)c(Cl)c2)c1Cl. The largest absolute Gasteiger partial charge is 0.198 e. The molecule has 2 aromatic rings. The monoisotopic (exact) mass is 329 g/mol. The van der Waals surface area contributed by atoms with Crippen LogP contribution in [-0.2, 0) is 6.42 Å². The molecule has 0 saturated heterocycles. The molecule has 0 spiro atoms. The predicted octanol–water partition coefficient (Wildman–Crippen LogP) is 6.03. The van der Waals surface area contributed by atoms with E-state index in [0.717, 1.165) is 16.7 Å². The first-order valence-corrected chi connectivity index (χ1v) is 6.85. The first-order chi connectivity index (χ1) is 9.04. The summed E-state index contributed by atoms with van der Waals surface area (Å²) in [6.07, 6.45) is 0.252. The molecule has 0 unspecified atom stereocenters. The quantitative estimate of drug-likeness (QED) is 0.616. The Morgan fingerprint density at radius 3 is 2.16 bits per heavy atom. The highest BCUT2D eigenvalue weighted by Crippen LogP contribution is 2.38. The van der Waals surface area contributed by atoms with Crippen LogP contribution in [0.4, 0.5) is 0 Å². The molecule has 96 valence electrons. The maximum absolute atomic E-state index is 8.76. The lowest BCUT2D eigenvalue weighted by molar-refractivity contribution is 1.26. The minimum atomic E-state index is 0.252. The van der Waals surface area contributed by atoms with E-state index in [-0.39, 0.29) is 6.42 Å². The summed E-state index contributed by atoms with van der Waals surface area (Å²) in [6, 6.07) is 11.0. The molecule has 0 fully saturated rings. The van der Waals surface area contributed by atoms with Gasteiger partial charge < -0.3 is 0 Å². The van der Waals surface area contributed by atoms with Crippen molar-refractivity contribution in [1.82, 2.24) is 0 Å². The summed E-state index contributed by atoms with van der Waals surface area (Å²) in [6.45, 7) is 0. The van der Waals surface area contributed by atoms with Crippen molar-refractivity contribution in [3.8, 4) is 17.2 Å². The molecule has 2 aromatic carbocycles. The van der Waals surface area contributed by atoms with Crippen LogP contribution in [0.5, 0.6) is 0 Å². The molecule has 0 N–H and O–H groups in total. The molecular weight excluding hydrogens is 324 g/mol. The Labute approximate surface area is 131 Å². The molecule has 0 saturated carbocycles. The van der Waals surface area contributed by atoms with Crippen LogP contribution in [-0.4, -0.2) is 0 Å². The highest BCUT2D eigenvalue weighted by molar-refractivity contribution is 6.48. The Bertz CT molecular complexity index is 651. The number of hydrogen-bond donors (Lipinski definition) is 0. The van der Waals surface area contributed by atoms with Crippen molar-refractivity contribution in [3.63, 3.8) is 0 Å². The van der Waals surface area contributed by atoms with Gasteiger partial charge in [0.15, 0.2) is 0 Å². The second-order valence-corrected chi connectivity index (χ2v) is 5.44. The molecule has 0 aliphatic carbocycles. The molecule has 0 bridgehead atoms. The van der Waals surface area contributed by atoms with Gasteiger partial charge in [-0.1, -0.05) is 64.6 Å². The number of benzene rings is 2. The lowest BCUT2D eigenvalue weighted by Crippen LogP contribution is -1.88. The van der Waals surface area contributed by atoms with Gasteiger partial charge in [-0.2, -0.15) is 5.26 Å². The van der Waals surface area contributed by atoms with Crippen molar-refractivity contribution < 1.29 is 0 Å². The number of hydrogen-bond acceptors (Lipinski definition) is 1. The van der Waals surface area contributed by atoms with Gasteiger partial charge in [0.05, 0.1) is 32.6 Å². The molecule has 0 aromatic heterocycles. The van der Waals surface area contributed by atoms with E-state index in [9.17, 15) is 0 Å². The molecule has 0 aliphatic rings. The van der Waals surface area contributed by atoms with Gasteiger partial charge in [0, 0.05) is 5.56 Å². The zero-order valence-electron chi connectivity index (χ0n) is 9.55. The average Bonchev–Trinajstić information content (AvgIpc) is 2.38. The van der Waals surface area contributed by atoms with Gasteiger partial charge in [-0.25, -0.2) is 0 Å². The number of nitriles is 1. The zero-order chi connectivity index (χ0) is 14.0. The van der Waals surface area contributed by atoms with Gasteiger partial charge in [0.1, 0.15) is 0 Å². The number of rotatable bonds is 2. The van der Waals surface area contributed by atoms with E-state index < -0.39 is 0 Å². The number of halogens is 4. The smallest absolute Gasteiger partial charge is 0.0778 e. The lowest BCUT2D eigenvalue weighted by atomic mass is 10.0. The van der Waals surface area contributed by atoms with E-state index in [0.29, 0.717) is 20.1 Å².